The average Bonchev–Trinajstić information content (AvgIpc) is 2.84. The van der Waals surface area contributed by atoms with E-state index >= 15 is 0 Å². The summed E-state index contributed by atoms with van der Waals surface area (Å²) in [7, 11) is 1.62. The summed E-state index contributed by atoms with van der Waals surface area (Å²) in [6.07, 6.45) is 3.66. The molecule has 0 aromatic carbocycles. The van der Waals surface area contributed by atoms with Gasteiger partial charge in [-0.15, -0.1) is 0 Å². The van der Waals surface area contributed by atoms with Crippen LogP contribution in [0, 0.1) is 0 Å². The molecule has 2 atom stereocenters. The maximum Gasteiger partial charge on any atom is 0.240 e. The molecule has 0 saturated carbocycles. The number of nitrogens with two attached hydrogens (primary N) is 1. The summed E-state index contributed by atoms with van der Waals surface area (Å²) < 4.78 is 10.6. The van der Waals surface area contributed by atoms with Gasteiger partial charge in [-0.1, -0.05) is 0 Å². The van der Waals surface area contributed by atoms with Gasteiger partial charge in [0.05, 0.1) is 25.1 Å². The van der Waals surface area contributed by atoms with Gasteiger partial charge in [0.15, 0.2) is 5.82 Å². The van der Waals surface area contributed by atoms with E-state index in [0.29, 0.717) is 31.3 Å². The monoisotopic (exact) mass is 266 g/mol. The van der Waals surface area contributed by atoms with E-state index in [2.05, 4.69) is 9.97 Å². The third-order valence-corrected chi connectivity index (χ3v) is 3.11. The minimum atomic E-state index is -0.420. The van der Waals surface area contributed by atoms with E-state index in [0.717, 1.165) is 0 Å². The van der Waals surface area contributed by atoms with Crippen molar-refractivity contribution >= 4 is 11.7 Å². The van der Waals surface area contributed by atoms with E-state index in [1.165, 1.54) is 6.20 Å². The van der Waals surface area contributed by atoms with E-state index in [-0.39, 0.29) is 12.0 Å². The van der Waals surface area contributed by atoms with Gasteiger partial charge in [-0.2, -0.15) is 4.98 Å². The minimum Gasteiger partial charge on any atom is -0.477 e. The molecule has 2 heterocycles. The normalized spacial score (nSPS) is 22.5. The Balaban J connectivity index is 2.23. The summed E-state index contributed by atoms with van der Waals surface area (Å²) in [4.78, 5) is 21.7. The third-order valence-electron chi connectivity index (χ3n) is 3.11. The molecular weight excluding hydrogens is 248 g/mol. The molecule has 1 amide bonds. The fourth-order valence-electron chi connectivity index (χ4n) is 2.19. The Bertz CT molecular complexity index is 454. The molecule has 1 aliphatic heterocycles. The van der Waals surface area contributed by atoms with Crippen molar-refractivity contribution in [1.82, 2.24) is 9.97 Å². The van der Waals surface area contributed by atoms with Crippen LogP contribution in [-0.2, 0) is 9.53 Å². The smallest absolute Gasteiger partial charge is 0.240 e. The largest absolute Gasteiger partial charge is 0.477 e. The first-order valence-electron chi connectivity index (χ1n) is 6.19. The van der Waals surface area contributed by atoms with Gasteiger partial charge in [-0.05, 0) is 6.92 Å². The van der Waals surface area contributed by atoms with Crippen LogP contribution in [0.5, 0.6) is 5.88 Å². The summed E-state index contributed by atoms with van der Waals surface area (Å²) in [5, 5.41) is 0. The van der Waals surface area contributed by atoms with Gasteiger partial charge < -0.3 is 20.1 Å². The molecule has 19 heavy (non-hydrogen) atoms. The summed E-state index contributed by atoms with van der Waals surface area (Å²) in [5.74, 6) is 0.626. The molecule has 0 bridgehead atoms. The van der Waals surface area contributed by atoms with Gasteiger partial charge in [0.25, 0.3) is 0 Å². The Morgan fingerprint density at radius 2 is 2.37 bits per heavy atom. The maximum absolute atomic E-state index is 11.5. The molecule has 1 aromatic heterocycles. The van der Waals surface area contributed by atoms with Crippen LogP contribution in [0.2, 0.25) is 0 Å². The highest BCUT2D eigenvalue weighted by Crippen LogP contribution is 2.26. The van der Waals surface area contributed by atoms with E-state index < -0.39 is 6.04 Å². The van der Waals surface area contributed by atoms with E-state index in [1.807, 2.05) is 11.8 Å². The van der Waals surface area contributed by atoms with E-state index in [4.69, 9.17) is 15.2 Å². The third kappa shape index (κ3) is 2.93. The summed E-state index contributed by atoms with van der Waals surface area (Å²) in [5.41, 5.74) is 5.42. The predicted molar refractivity (Wildman–Crippen MR) is 68.9 cm³/mol. The van der Waals surface area contributed by atoms with Crippen LogP contribution in [0.1, 0.15) is 13.3 Å². The maximum atomic E-state index is 11.5. The van der Waals surface area contributed by atoms with Crippen molar-refractivity contribution in [3.63, 3.8) is 0 Å². The SMILES string of the molecule is CCOc1cncc(N2C[C@@H](OC)C[C@H]2C(N)=O)n1. The number of aromatic nitrogens is 2. The number of amides is 1. The quantitative estimate of drug-likeness (QED) is 0.803. The average molecular weight is 266 g/mol. The highest BCUT2D eigenvalue weighted by molar-refractivity contribution is 5.84. The number of hydrogen-bond acceptors (Lipinski definition) is 6. The Kier molecular flexibility index (Phi) is 4.16. The van der Waals surface area contributed by atoms with E-state index in [1.54, 1.807) is 13.3 Å². The van der Waals surface area contributed by atoms with Crippen LogP contribution in [0.4, 0.5) is 5.82 Å². The lowest BCUT2D eigenvalue weighted by molar-refractivity contribution is -0.119. The molecule has 1 aliphatic rings. The summed E-state index contributed by atoms with van der Waals surface area (Å²) >= 11 is 0. The van der Waals surface area contributed by atoms with Crippen molar-refractivity contribution in [3.05, 3.63) is 12.4 Å². The number of ether oxygens (including phenoxy) is 2. The van der Waals surface area contributed by atoms with E-state index in [9.17, 15) is 4.79 Å². The number of rotatable bonds is 5. The first-order valence-corrected chi connectivity index (χ1v) is 6.19. The fraction of sp³-hybridized carbons (Fsp3) is 0.583. The minimum absolute atomic E-state index is 0.0324. The highest BCUT2D eigenvalue weighted by Gasteiger charge is 2.36. The lowest BCUT2D eigenvalue weighted by atomic mass is 10.2. The molecule has 104 valence electrons. The molecule has 1 saturated heterocycles. The number of hydrogen-bond donors (Lipinski definition) is 1. The van der Waals surface area contributed by atoms with Crippen molar-refractivity contribution in [2.45, 2.75) is 25.5 Å². The van der Waals surface area contributed by atoms with Gasteiger partial charge >= 0.3 is 0 Å². The number of carbonyl (C=O) groups is 1. The molecule has 2 N–H and O–H groups in total. The molecule has 1 fully saturated rings. The van der Waals surface area contributed by atoms with Crippen LogP contribution in [0.15, 0.2) is 12.4 Å². The van der Waals surface area contributed by atoms with Crippen molar-refractivity contribution in [1.29, 1.82) is 0 Å². The van der Waals surface area contributed by atoms with Crippen LogP contribution in [-0.4, -0.2) is 48.3 Å². The second kappa shape index (κ2) is 5.83. The predicted octanol–water partition coefficient (Wildman–Crippen LogP) is -0.0457. The molecule has 7 heteroatoms. The molecule has 7 nitrogen and oxygen atoms in total. The lowest BCUT2D eigenvalue weighted by Crippen LogP contribution is -2.40. The van der Waals surface area contributed by atoms with Gasteiger partial charge in [-0.3, -0.25) is 9.78 Å². The number of nitrogens with zero attached hydrogens (tertiary/aromatic N) is 3. The van der Waals surface area contributed by atoms with Crippen molar-refractivity contribution in [2.24, 2.45) is 5.73 Å². The zero-order valence-corrected chi connectivity index (χ0v) is 11.1. The second-order valence-electron chi connectivity index (χ2n) is 4.31. The first-order chi connectivity index (χ1) is 9.15. The molecule has 2 rings (SSSR count). The highest BCUT2D eigenvalue weighted by atomic mass is 16.5. The number of carbonyl (C=O) groups excluding carboxylic acids is 1. The van der Waals surface area contributed by atoms with Gasteiger partial charge in [-0.25, -0.2) is 0 Å². The Labute approximate surface area is 111 Å². The number of primary amides is 1. The van der Waals surface area contributed by atoms with Gasteiger partial charge in [0, 0.05) is 20.1 Å². The molecule has 1 aromatic rings. The summed E-state index contributed by atoms with van der Waals surface area (Å²) in [6, 6.07) is -0.420. The van der Waals surface area contributed by atoms with Crippen LogP contribution >= 0.6 is 0 Å². The zero-order valence-electron chi connectivity index (χ0n) is 11.1. The molecule has 0 radical (unpaired) electrons. The molecule has 0 aliphatic carbocycles. The fourth-order valence-corrected chi connectivity index (χ4v) is 2.19. The van der Waals surface area contributed by atoms with Crippen LogP contribution in [0.3, 0.4) is 0 Å². The topological polar surface area (TPSA) is 90.6 Å². The van der Waals surface area contributed by atoms with Crippen LogP contribution < -0.4 is 15.4 Å². The summed E-state index contributed by atoms with van der Waals surface area (Å²) in [6.45, 7) is 2.95. The lowest BCUT2D eigenvalue weighted by Gasteiger charge is -2.22. The molecule has 0 unspecified atom stereocenters. The Morgan fingerprint density at radius 1 is 1.58 bits per heavy atom. The van der Waals surface area contributed by atoms with Crippen molar-refractivity contribution in [3.8, 4) is 5.88 Å². The van der Waals surface area contributed by atoms with Crippen LogP contribution in [0.25, 0.3) is 0 Å². The number of methoxy groups -OCH3 is 1. The zero-order chi connectivity index (χ0) is 13.8. The van der Waals surface area contributed by atoms with Crippen molar-refractivity contribution < 1.29 is 14.3 Å². The van der Waals surface area contributed by atoms with Crippen molar-refractivity contribution in [2.75, 3.05) is 25.2 Å². The molecule has 0 spiro atoms. The van der Waals surface area contributed by atoms with Gasteiger partial charge in [0.2, 0.25) is 11.8 Å². The second-order valence-corrected chi connectivity index (χ2v) is 4.31. The molecular formula is C12H18N4O3. The first kappa shape index (κ1) is 13.5. The Hall–Kier alpha value is -1.89. The standard InChI is InChI=1S/C12H18N4O3/c1-3-19-11-6-14-5-10(15-11)16-7-8(18-2)4-9(16)12(13)17/h5-6,8-9H,3-4,7H2,1-2H3,(H2,13,17)/t8-,9-/m0/s1. The van der Waals surface area contributed by atoms with Gasteiger partial charge in [0.1, 0.15) is 6.04 Å². The number of anilines is 1. The Morgan fingerprint density at radius 3 is 3.00 bits per heavy atom.